The van der Waals surface area contributed by atoms with E-state index in [-0.39, 0.29) is 0 Å². The molecular weight excluding hydrogens is 198 g/mol. The summed E-state index contributed by atoms with van der Waals surface area (Å²) in [6.07, 6.45) is 0.988. The van der Waals surface area contributed by atoms with Gasteiger partial charge in [-0.3, -0.25) is 0 Å². The number of aromatic nitrogens is 1. The molecule has 0 spiro atoms. The van der Waals surface area contributed by atoms with Crippen LogP contribution in [-0.4, -0.2) is 31.3 Å². The Labute approximate surface area is 88.5 Å². The number of nitrogens with one attached hydrogen (secondary N) is 1. The number of anilines is 1. The molecule has 0 bridgehead atoms. The average molecular weight is 215 g/mol. The Kier molecular flexibility index (Phi) is 5.51. The molecule has 0 radical (unpaired) electrons. The van der Waals surface area contributed by atoms with Crippen LogP contribution in [0.2, 0.25) is 0 Å². The number of hydrogen-bond acceptors (Lipinski definition) is 5. The Morgan fingerprint density at radius 1 is 1.57 bits per heavy atom. The maximum atomic E-state index is 5.29. The van der Waals surface area contributed by atoms with Gasteiger partial charge in [-0.25, -0.2) is 4.98 Å². The van der Waals surface area contributed by atoms with Gasteiger partial charge in [-0.2, -0.15) is 0 Å². The van der Waals surface area contributed by atoms with E-state index in [0.717, 1.165) is 23.8 Å². The van der Waals surface area contributed by atoms with Gasteiger partial charge < -0.3 is 15.8 Å². The third-order valence-corrected chi connectivity index (χ3v) is 2.55. The van der Waals surface area contributed by atoms with E-state index in [1.807, 2.05) is 0 Å². The third kappa shape index (κ3) is 4.04. The summed E-state index contributed by atoms with van der Waals surface area (Å²) in [5.41, 5.74) is 6.43. The first-order chi connectivity index (χ1) is 6.86. The van der Waals surface area contributed by atoms with Crippen LogP contribution in [0.25, 0.3) is 0 Å². The molecule has 1 aromatic heterocycles. The van der Waals surface area contributed by atoms with E-state index < -0.39 is 0 Å². The highest BCUT2D eigenvalue weighted by Gasteiger charge is 1.98. The van der Waals surface area contributed by atoms with Crippen LogP contribution in [0, 0.1) is 0 Å². The fourth-order valence-electron chi connectivity index (χ4n) is 0.966. The van der Waals surface area contributed by atoms with Crippen molar-refractivity contribution in [3.63, 3.8) is 0 Å². The average Bonchev–Trinajstić information content (AvgIpc) is 2.65. The summed E-state index contributed by atoms with van der Waals surface area (Å²) in [6, 6.07) is 0. The zero-order chi connectivity index (χ0) is 10.2. The SMILES string of the molecule is CCc1csc(NCCOCCN)n1. The minimum atomic E-state index is 0.581. The maximum absolute atomic E-state index is 5.29. The maximum Gasteiger partial charge on any atom is 0.182 e. The van der Waals surface area contributed by atoms with Crippen LogP contribution in [0.4, 0.5) is 5.13 Å². The molecule has 0 fully saturated rings. The van der Waals surface area contributed by atoms with Crippen molar-refractivity contribution in [3.8, 4) is 0 Å². The molecule has 1 rings (SSSR count). The molecule has 5 heteroatoms. The van der Waals surface area contributed by atoms with Crippen LogP contribution in [0.3, 0.4) is 0 Å². The standard InChI is InChI=1S/C9H17N3OS/c1-2-8-7-14-9(12-8)11-4-6-13-5-3-10/h7H,2-6,10H2,1H3,(H,11,12). The largest absolute Gasteiger partial charge is 0.378 e. The van der Waals surface area contributed by atoms with Gasteiger partial charge in [-0.05, 0) is 6.42 Å². The first-order valence-electron chi connectivity index (χ1n) is 4.83. The van der Waals surface area contributed by atoms with E-state index in [4.69, 9.17) is 10.5 Å². The molecule has 3 N–H and O–H groups in total. The highest BCUT2D eigenvalue weighted by molar-refractivity contribution is 7.13. The lowest BCUT2D eigenvalue weighted by Crippen LogP contribution is -2.14. The molecule has 1 aromatic rings. The van der Waals surface area contributed by atoms with E-state index in [1.54, 1.807) is 11.3 Å². The Bertz CT molecular complexity index is 252. The fraction of sp³-hybridized carbons (Fsp3) is 0.667. The summed E-state index contributed by atoms with van der Waals surface area (Å²) >= 11 is 1.64. The molecule has 14 heavy (non-hydrogen) atoms. The number of thiazole rings is 1. The number of rotatable bonds is 7. The van der Waals surface area contributed by atoms with Crippen molar-refractivity contribution < 1.29 is 4.74 Å². The molecule has 0 saturated carbocycles. The smallest absolute Gasteiger partial charge is 0.182 e. The van der Waals surface area contributed by atoms with E-state index >= 15 is 0 Å². The van der Waals surface area contributed by atoms with Crippen molar-refractivity contribution >= 4 is 16.5 Å². The number of aryl methyl sites for hydroxylation is 1. The lowest BCUT2D eigenvalue weighted by molar-refractivity contribution is 0.151. The quantitative estimate of drug-likeness (QED) is 0.668. The first-order valence-corrected chi connectivity index (χ1v) is 5.71. The van der Waals surface area contributed by atoms with Crippen LogP contribution >= 0.6 is 11.3 Å². The van der Waals surface area contributed by atoms with Gasteiger partial charge >= 0.3 is 0 Å². The summed E-state index contributed by atoms with van der Waals surface area (Å²) in [7, 11) is 0. The van der Waals surface area contributed by atoms with Crippen LogP contribution in [0.15, 0.2) is 5.38 Å². The molecule has 0 aliphatic carbocycles. The van der Waals surface area contributed by atoms with Gasteiger partial charge in [-0.1, -0.05) is 6.92 Å². The lowest BCUT2D eigenvalue weighted by atomic mass is 10.4. The number of hydrogen-bond donors (Lipinski definition) is 2. The topological polar surface area (TPSA) is 60.2 Å². The minimum absolute atomic E-state index is 0.581. The van der Waals surface area contributed by atoms with Crippen LogP contribution < -0.4 is 11.1 Å². The molecule has 0 aromatic carbocycles. The fourth-order valence-corrected chi connectivity index (χ4v) is 1.79. The molecular formula is C9H17N3OS. The van der Waals surface area contributed by atoms with Gasteiger partial charge in [0, 0.05) is 18.5 Å². The van der Waals surface area contributed by atoms with E-state index in [9.17, 15) is 0 Å². The second-order valence-corrected chi connectivity index (χ2v) is 3.68. The highest BCUT2D eigenvalue weighted by atomic mass is 32.1. The van der Waals surface area contributed by atoms with Crippen molar-refractivity contribution in [2.45, 2.75) is 13.3 Å². The summed E-state index contributed by atoms with van der Waals surface area (Å²) in [5.74, 6) is 0. The Morgan fingerprint density at radius 2 is 2.43 bits per heavy atom. The third-order valence-electron chi connectivity index (χ3n) is 1.70. The van der Waals surface area contributed by atoms with Crippen molar-refractivity contribution in [2.24, 2.45) is 5.73 Å². The molecule has 1 heterocycles. The predicted octanol–water partition coefficient (Wildman–Crippen LogP) is 1.09. The molecule has 0 unspecified atom stereocenters. The second-order valence-electron chi connectivity index (χ2n) is 2.83. The molecule has 0 amide bonds. The van der Waals surface area contributed by atoms with Gasteiger partial charge in [0.2, 0.25) is 0 Å². The number of nitrogens with zero attached hydrogens (tertiary/aromatic N) is 1. The molecule has 80 valence electrons. The molecule has 0 aliphatic heterocycles. The first kappa shape index (κ1) is 11.4. The lowest BCUT2D eigenvalue weighted by Gasteiger charge is -2.02. The van der Waals surface area contributed by atoms with Crippen LogP contribution in [0.5, 0.6) is 0 Å². The molecule has 0 aliphatic rings. The molecule has 0 saturated heterocycles. The van der Waals surface area contributed by atoms with Crippen LogP contribution in [0.1, 0.15) is 12.6 Å². The summed E-state index contributed by atoms with van der Waals surface area (Å²) in [6.45, 7) is 4.77. The summed E-state index contributed by atoms with van der Waals surface area (Å²) < 4.78 is 5.23. The minimum Gasteiger partial charge on any atom is -0.378 e. The Hall–Kier alpha value is -0.650. The monoisotopic (exact) mass is 215 g/mol. The number of ether oxygens (including phenoxy) is 1. The number of nitrogens with two attached hydrogens (primary N) is 1. The van der Waals surface area contributed by atoms with Gasteiger partial charge in [0.15, 0.2) is 5.13 Å². The van der Waals surface area contributed by atoms with E-state index in [1.165, 1.54) is 0 Å². The van der Waals surface area contributed by atoms with Crippen LogP contribution in [-0.2, 0) is 11.2 Å². The van der Waals surface area contributed by atoms with Crippen molar-refractivity contribution in [3.05, 3.63) is 11.1 Å². The highest BCUT2D eigenvalue weighted by Crippen LogP contribution is 2.14. The van der Waals surface area contributed by atoms with Gasteiger partial charge in [0.1, 0.15) is 0 Å². The zero-order valence-electron chi connectivity index (χ0n) is 8.45. The van der Waals surface area contributed by atoms with Crippen molar-refractivity contribution in [1.82, 2.24) is 4.98 Å². The van der Waals surface area contributed by atoms with Gasteiger partial charge in [0.25, 0.3) is 0 Å². The summed E-state index contributed by atoms with van der Waals surface area (Å²) in [4.78, 5) is 4.37. The Balaban J connectivity index is 2.12. The Morgan fingerprint density at radius 3 is 3.07 bits per heavy atom. The van der Waals surface area contributed by atoms with Crippen molar-refractivity contribution in [2.75, 3.05) is 31.6 Å². The van der Waals surface area contributed by atoms with Gasteiger partial charge in [-0.15, -0.1) is 11.3 Å². The second kappa shape index (κ2) is 6.75. The zero-order valence-corrected chi connectivity index (χ0v) is 9.27. The predicted molar refractivity (Wildman–Crippen MR) is 59.9 cm³/mol. The van der Waals surface area contributed by atoms with E-state index in [0.29, 0.717) is 19.8 Å². The van der Waals surface area contributed by atoms with Gasteiger partial charge in [0.05, 0.1) is 18.9 Å². The van der Waals surface area contributed by atoms with E-state index in [2.05, 4.69) is 22.6 Å². The normalized spacial score (nSPS) is 10.4. The molecule has 4 nitrogen and oxygen atoms in total. The molecule has 0 atom stereocenters. The van der Waals surface area contributed by atoms with Crippen molar-refractivity contribution in [1.29, 1.82) is 0 Å². The summed E-state index contributed by atoms with van der Waals surface area (Å²) in [5, 5.41) is 6.24.